The minimum atomic E-state index is -2.68. The van der Waals surface area contributed by atoms with Gasteiger partial charge < -0.3 is 19.0 Å². The van der Waals surface area contributed by atoms with Gasteiger partial charge in [-0.15, -0.1) is 0 Å². The van der Waals surface area contributed by atoms with E-state index in [1.807, 2.05) is 41.5 Å². The molecule has 0 saturated heterocycles. The van der Waals surface area contributed by atoms with Gasteiger partial charge >= 0.3 is 8.80 Å². The quantitative estimate of drug-likeness (QED) is 0.682. The molecule has 5 heteroatoms. The van der Waals surface area contributed by atoms with Crippen LogP contribution in [0.1, 0.15) is 41.5 Å². The van der Waals surface area contributed by atoms with Crippen LogP contribution in [0.3, 0.4) is 0 Å². The summed E-state index contributed by atoms with van der Waals surface area (Å²) in [6.45, 7) is 11.8. The van der Waals surface area contributed by atoms with E-state index >= 15 is 0 Å². The van der Waals surface area contributed by atoms with Crippen LogP contribution in [0.5, 0.6) is 0 Å². The Kier molecular flexibility index (Phi) is 6.62. The van der Waals surface area contributed by atoms with Crippen molar-refractivity contribution in [1.29, 1.82) is 0 Å². The number of nitrogens with two attached hydrogens (primary N) is 1. The summed E-state index contributed by atoms with van der Waals surface area (Å²) in [5.74, 6) is 0. The van der Waals surface area contributed by atoms with E-state index in [4.69, 9.17) is 19.0 Å². The van der Waals surface area contributed by atoms with Crippen molar-refractivity contribution >= 4 is 8.80 Å². The van der Waals surface area contributed by atoms with Crippen molar-refractivity contribution < 1.29 is 13.3 Å². The molecular formula is C10H25NO3Si. The van der Waals surface area contributed by atoms with Gasteiger partial charge in [0.2, 0.25) is 0 Å². The van der Waals surface area contributed by atoms with Gasteiger partial charge in [0.25, 0.3) is 0 Å². The molecule has 0 spiro atoms. The predicted octanol–water partition coefficient (Wildman–Crippen LogP) is 1.70. The maximum atomic E-state index is 5.78. The second-order valence-electron chi connectivity index (χ2n) is 4.39. The van der Waals surface area contributed by atoms with E-state index in [0.717, 1.165) is 0 Å². The lowest BCUT2D eigenvalue weighted by molar-refractivity contribution is 0.00440. The molecule has 0 fully saturated rings. The number of hydrogen-bond donors (Lipinski definition) is 1. The summed E-state index contributed by atoms with van der Waals surface area (Å²) >= 11 is 0. The first-order valence-corrected chi connectivity index (χ1v) is 7.48. The summed E-state index contributed by atoms with van der Waals surface area (Å²) in [7, 11) is -2.68. The molecule has 4 nitrogen and oxygen atoms in total. The van der Waals surface area contributed by atoms with Gasteiger partial charge in [-0.05, 0) is 41.5 Å². The van der Waals surface area contributed by atoms with Crippen LogP contribution in [0, 0.1) is 0 Å². The van der Waals surface area contributed by atoms with Crippen LogP contribution in [0.15, 0.2) is 0 Å². The standard InChI is InChI=1S/C10H25NO3Si/c1-8(2)12-15(7-11,13-9(3)4)14-10(5)6/h8-10H,7,11H2,1-6H3. The fourth-order valence-corrected chi connectivity index (χ4v) is 3.92. The third-order valence-corrected chi connectivity index (χ3v) is 4.49. The molecule has 0 atom stereocenters. The highest BCUT2D eigenvalue weighted by molar-refractivity contribution is 6.61. The number of hydrogen-bond acceptors (Lipinski definition) is 4. The maximum Gasteiger partial charge on any atom is 0.515 e. The van der Waals surface area contributed by atoms with Gasteiger partial charge in [0, 0.05) is 18.3 Å². The molecular weight excluding hydrogens is 210 g/mol. The smallest absolute Gasteiger partial charge is 0.370 e. The Balaban J connectivity index is 4.59. The monoisotopic (exact) mass is 235 g/mol. The largest absolute Gasteiger partial charge is 0.515 e. The molecule has 0 aromatic rings. The van der Waals surface area contributed by atoms with Crippen LogP contribution < -0.4 is 5.73 Å². The van der Waals surface area contributed by atoms with Crippen LogP contribution in [0.4, 0.5) is 0 Å². The highest BCUT2D eigenvalue weighted by atomic mass is 28.4. The molecule has 15 heavy (non-hydrogen) atoms. The van der Waals surface area contributed by atoms with Crippen molar-refractivity contribution in [3.63, 3.8) is 0 Å². The second kappa shape index (κ2) is 6.60. The predicted molar refractivity (Wildman–Crippen MR) is 63.5 cm³/mol. The van der Waals surface area contributed by atoms with Gasteiger partial charge in [0.15, 0.2) is 0 Å². The SMILES string of the molecule is CC(C)O[Si](CN)(OC(C)C)OC(C)C. The van der Waals surface area contributed by atoms with Crippen molar-refractivity contribution in [2.45, 2.75) is 59.9 Å². The van der Waals surface area contributed by atoms with Crippen molar-refractivity contribution in [2.75, 3.05) is 6.17 Å². The molecule has 0 aromatic carbocycles. The van der Waals surface area contributed by atoms with Gasteiger partial charge in [-0.1, -0.05) is 0 Å². The van der Waals surface area contributed by atoms with Crippen LogP contribution in [0.2, 0.25) is 0 Å². The van der Waals surface area contributed by atoms with E-state index in [2.05, 4.69) is 0 Å². The highest BCUT2D eigenvalue weighted by Crippen LogP contribution is 2.15. The van der Waals surface area contributed by atoms with E-state index in [1.54, 1.807) is 0 Å². The highest BCUT2D eigenvalue weighted by Gasteiger charge is 2.42. The van der Waals surface area contributed by atoms with E-state index < -0.39 is 8.80 Å². The Hall–Kier alpha value is 0.0569. The molecule has 0 rings (SSSR count). The molecule has 2 N–H and O–H groups in total. The van der Waals surface area contributed by atoms with Crippen molar-refractivity contribution in [1.82, 2.24) is 0 Å². The molecule has 0 radical (unpaired) electrons. The normalized spacial score (nSPS) is 13.2. The zero-order chi connectivity index (χ0) is 12.1. The Bertz CT molecular complexity index is 148. The zero-order valence-electron chi connectivity index (χ0n) is 10.7. The Labute approximate surface area is 94.5 Å². The summed E-state index contributed by atoms with van der Waals surface area (Å²) in [5.41, 5.74) is 5.74. The molecule has 0 aliphatic rings. The van der Waals surface area contributed by atoms with E-state index in [0.29, 0.717) is 6.17 Å². The first-order chi connectivity index (χ1) is 6.81. The molecule has 92 valence electrons. The van der Waals surface area contributed by atoms with E-state index in [1.165, 1.54) is 0 Å². The fraction of sp³-hybridized carbons (Fsp3) is 1.00. The minimum Gasteiger partial charge on any atom is -0.370 e. The van der Waals surface area contributed by atoms with Crippen LogP contribution in [-0.4, -0.2) is 33.3 Å². The van der Waals surface area contributed by atoms with Gasteiger partial charge in [-0.3, -0.25) is 0 Å². The lowest BCUT2D eigenvalue weighted by atomic mass is 10.5. The molecule has 0 saturated carbocycles. The molecule has 0 aromatic heterocycles. The first-order valence-electron chi connectivity index (χ1n) is 5.55. The van der Waals surface area contributed by atoms with Crippen molar-refractivity contribution in [2.24, 2.45) is 5.73 Å². The lowest BCUT2D eigenvalue weighted by Gasteiger charge is -2.33. The molecule has 0 aliphatic carbocycles. The molecule has 0 heterocycles. The van der Waals surface area contributed by atoms with Crippen molar-refractivity contribution in [3.8, 4) is 0 Å². The lowest BCUT2D eigenvalue weighted by Crippen LogP contribution is -2.56. The number of rotatable bonds is 7. The first kappa shape index (κ1) is 15.1. The minimum absolute atomic E-state index is 0.0673. The average Bonchev–Trinajstić information content (AvgIpc) is 1.99. The van der Waals surface area contributed by atoms with Crippen LogP contribution >= 0.6 is 0 Å². The molecule has 0 amide bonds. The van der Waals surface area contributed by atoms with Gasteiger partial charge in [-0.2, -0.15) is 0 Å². The van der Waals surface area contributed by atoms with Gasteiger partial charge in [0.05, 0.1) is 6.17 Å². The summed E-state index contributed by atoms with van der Waals surface area (Å²) in [6.07, 6.45) is 0.523. The fourth-order valence-electron chi connectivity index (χ4n) is 1.31. The van der Waals surface area contributed by atoms with E-state index in [-0.39, 0.29) is 18.3 Å². The topological polar surface area (TPSA) is 53.7 Å². The van der Waals surface area contributed by atoms with Crippen LogP contribution in [0.25, 0.3) is 0 Å². The van der Waals surface area contributed by atoms with E-state index in [9.17, 15) is 0 Å². The summed E-state index contributed by atoms with van der Waals surface area (Å²) in [4.78, 5) is 0. The summed E-state index contributed by atoms with van der Waals surface area (Å²) < 4.78 is 17.3. The Morgan fingerprint density at radius 1 is 0.800 bits per heavy atom. The van der Waals surface area contributed by atoms with Crippen LogP contribution in [-0.2, 0) is 13.3 Å². The third kappa shape index (κ3) is 6.27. The Morgan fingerprint density at radius 2 is 1.07 bits per heavy atom. The Morgan fingerprint density at radius 3 is 1.20 bits per heavy atom. The second-order valence-corrected chi connectivity index (χ2v) is 6.87. The summed E-state index contributed by atoms with van der Waals surface area (Å²) in [5, 5.41) is 0. The molecule has 0 unspecified atom stereocenters. The molecule has 0 bridgehead atoms. The third-order valence-electron chi connectivity index (χ3n) is 1.50. The zero-order valence-corrected chi connectivity index (χ0v) is 11.7. The van der Waals surface area contributed by atoms with Gasteiger partial charge in [-0.25, -0.2) is 0 Å². The van der Waals surface area contributed by atoms with Gasteiger partial charge in [0.1, 0.15) is 0 Å². The average molecular weight is 235 g/mol. The molecule has 0 aliphatic heterocycles. The summed E-state index contributed by atoms with van der Waals surface area (Å²) in [6, 6.07) is 0. The maximum absolute atomic E-state index is 5.78. The van der Waals surface area contributed by atoms with Crippen molar-refractivity contribution in [3.05, 3.63) is 0 Å².